The van der Waals surface area contributed by atoms with E-state index in [4.69, 9.17) is 9.47 Å². The number of hydrogen-bond acceptors (Lipinski definition) is 6. The number of benzene rings is 1. The van der Waals surface area contributed by atoms with E-state index in [0.29, 0.717) is 32.0 Å². The average Bonchev–Trinajstić information content (AvgIpc) is 2.64. The van der Waals surface area contributed by atoms with E-state index in [-0.39, 0.29) is 18.9 Å². The second-order valence-corrected chi connectivity index (χ2v) is 9.71. The Kier molecular flexibility index (Phi) is 6.08. The zero-order valence-electron chi connectivity index (χ0n) is 15.9. The number of hydrogen-bond donors (Lipinski definition) is 2. The number of sulfone groups is 1. The SMILES string of the molecule is Cc1cc(NC(=O)C2(S(C)(=O)=O)CCNCC2)ccc1OC1CCOCC1. The summed E-state index contributed by atoms with van der Waals surface area (Å²) in [5.41, 5.74) is 1.48. The Morgan fingerprint density at radius 2 is 1.93 bits per heavy atom. The molecule has 0 unspecified atom stereocenters. The topological polar surface area (TPSA) is 93.7 Å². The predicted octanol–water partition coefficient (Wildman–Crippen LogP) is 1.66. The lowest BCUT2D eigenvalue weighted by atomic mass is 9.95. The van der Waals surface area contributed by atoms with Gasteiger partial charge in [0.1, 0.15) is 11.9 Å². The summed E-state index contributed by atoms with van der Waals surface area (Å²) in [7, 11) is -3.53. The third-order valence-corrected chi connectivity index (χ3v) is 7.44. The minimum absolute atomic E-state index is 0.140. The molecule has 2 aliphatic heterocycles. The van der Waals surface area contributed by atoms with Crippen molar-refractivity contribution in [2.24, 2.45) is 0 Å². The molecule has 3 rings (SSSR count). The molecule has 0 aliphatic carbocycles. The first-order chi connectivity index (χ1) is 12.8. The third kappa shape index (κ3) is 4.44. The van der Waals surface area contributed by atoms with E-state index in [1.54, 1.807) is 6.07 Å². The van der Waals surface area contributed by atoms with Crippen LogP contribution >= 0.6 is 0 Å². The van der Waals surface area contributed by atoms with Crippen molar-refractivity contribution in [2.75, 3.05) is 37.9 Å². The fourth-order valence-electron chi connectivity index (χ4n) is 3.67. The Balaban J connectivity index is 1.73. The molecule has 0 saturated carbocycles. The van der Waals surface area contributed by atoms with E-state index >= 15 is 0 Å². The number of aryl methyl sites for hydroxylation is 1. The minimum atomic E-state index is -3.53. The number of anilines is 1. The summed E-state index contributed by atoms with van der Waals surface area (Å²) in [4.78, 5) is 12.9. The predicted molar refractivity (Wildman–Crippen MR) is 104 cm³/mol. The number of ether oxygens (including phenoxy) is 2. The Morgan fingerprint density at radius 1 is 1.26 bits per heavy atom. The molecular weight excluding hydrogens is 368 g/mol. The van der Waals surface area contributed by atoms with Crippen LogP contribution in [0.3, 0.4) is 0 Å². The fourth-order valence-corrected chi connectivity index (χ4v) is 5.01. The summed E-state index contributed by atoms with van der Waals surface area (Å²) in [5.74, 6) is 0.323. The van der Waals surface area contributed by atoms with Crippen LogP contribution < -0.4 is 15.4 Å². The van der Waals surface area contributed by atoms with Gasteiger partial charge in [0, 0.05) is 24.8 Å². The molecule has 0 aromatic heterocycles. The van der Waals surface area contributed by atoms with Gasteiger partial charge in [0.2, 0.25) is 5.91 Å². The van der Waals surface area contributed by atoms with Crippen LogP contribution in [0.25, 0.3) is 0 Å². The molecule has 2 heterocycles. The van der Waals surface area contributed by atoms with Gasteiger partial charge in [-0.05, 0) is 56.6 Å². The van der Waals surface area contributed by atoms with Crippen molar-refractivity contribution in [2.45, 2.75) is 43.5 Å². The van der Waals surface area contributed by atoms with E-state index < -0.39 is 20.5 Å². The van der Waals surface area contributed by atoms with Crippen molar-refractivity contribution in [1.29, 1.82) is 0 Å². The zero-order valence-corrected chi connectivity index (χ0v) is 16.7. The number of amides is 1. The maximum atomic E-state index is 12.9. The van der Waals surface area contributed by atoms with Gasteiger partial charge in [-0.25, -0.2) is 8.42 Å². The average molecular weight is 397 g/mol. The zero-order chi connectivity index (χ0) is 19.5. The lowest BCUT2D eigenvalue weighted by molar-refractivity contribution is -0.119. The largest absolute Gasteiger partial charge is 0.490 e. The van der Waals surface area contributed by atoms with E-state index in [2.05, 4.69) is 10.6 Å². The summed E-state index contributed by atoms with van der Waals surface area (Å²) in [5, 5.41) is 5.93. The first kappa shape index (κ1) is 20.1. The van der Waals surface area contributed by atoms with Crippen molar-refractivity contribution in [3.63, 3.8) is 0 Å². The Hall–Kier alpha value is -1.64. The van der Waals surface area contributed by atoms with Crippen LogP contribution in [-0.4, -0.2) is 57.7 Å². The number of nitrogens with one attached hydrogen (secondary N) is 2. The molecule has 1 aromatic carbocycles. The molecule has 1 aromatic rings. The fraction of sp³-hybridized carbons (Fsp3) is 0.632. The Morgan fingerprint density at radius 3 is 2.52 bits per heavy atom. The van der Waals surface area contributed by atoms with Crippen molar-refractivity contribution in [1.82, 2.24) is 5.32 Å². The van der Waals surface area contributed by atoms with E-state index in [1.165, 1.54) is 0 Å². The van der Waals surface area contributed by atoms with Crippen LogP contribution in [-0.2, 0) is 19.4 Å². The maximum Gasteiger partial charge on any atom is 0.245 e. The summed E-state index contributed by atoms with van der Waals surface area (Å²) in [6, 6.07) is 5.41. The molecule has 0 spiro atoms. The quantitative estimate of drug-likeness (QED) is 0.786. The van der Waals surface area contributed by atoms with Gasteiger partial charge in [0.25, 0.3) is 0 Å². The standard InChI is InChI=1S/C19H28N2O5S/c1-14-13-15(3-4-17(14)26-16-5-11-25-12-6-16)21-18(22)19(27(2,23)24)7-9-20-10-8-19/h3-4,13,16,20H,5-12H2,1-2H3,(H,21,22). The van der Waals surface area contributed by atoms with Crippen molar-refractivity contribution < 1.29 is 22.7 Å². The minimum Gasteiger partial charge on any atom is -0.490 e. The van der Waals surface area contributed by atoms with Crippen molar-refractivity contribution >= 4 is 21.4 Å². The van der Waals surface area contributed by atoms with E-state index in [1.807, 2.05) is 19.1 Å². The molecule has 1 amide bonds. The first-order valence-electron chi connectivity index (χ1n) is 9.39. The normalized spacial score (nSPS) is 20.8. The highest BCUT2D eigenvalue weighted by molar-refractivity contribution is 7.92. The maximum absolute atomic E-state index is 12.9. The summed E-state index contributed by atoms with van der Waals surface area (Å²) >= 11 is 0. The van der Waals surface area contributed by atoms with Gasteiger partial charge < -0.3 is 20.1 Å². The van der Waals surface area contributed by atoms with E-state index in [9.17, 15) is 13.2 Å². The summed E-state index contributed by atoms with van der Waals surface area (Å²) in [6.45, 7) is 4.36. The molecular formula is C19H28N2O5S. The van der Waals surface area contributed by atoms with Crippen LogP contribution in [0.4, 0.5) is 5.69 Å². The number of carbonyl (C=O) groups is 1. The molecule has 2 aliphatic rings. The van der Waals surface area contributed by atoms with Crippen LogP contribution in [0.15, 0.2) is 18.2 Å². The molecule has 27 heavy (non-hydrogen) atoms. The smallest absolute Gasteiger partial charge is 0.245 e. The highest BCUT2D eigenvalue weighted by atomic mass is 32.2. The molecule has 7 nitrogen and oxygen atoms in total. The molecule has 2 saturated heterocycles. The van der Waals surface area contributed by atoms with Gasteiger partial charge in [-0.15, -0.1) is 0 Å². The van der Waals surface area contributed by atoms with Crippen molar-refractivity contribution in [3.8, 4) is 5.75 Å². The van der Waals surface area contributed by atoms with Gasteiger partial charge >= 0.3 is 0 Å². The number of piperidine rings is 1. The van der Waals surface area contributed by atoms with Gasteiger partial charge in [0.05, 0.1) is 13.2 Å². The molecule has 2 fully saturated rings. The van der Waals surface area contributed by atoms with Crippen LogP contribution in [0.5, 0.6) is 5.75 Å². The highest BCUT2D eigenvalue weighted by Gasteiger charge is 2.48. The summed E-state index contributed by atoms with van der Waals surface area (Å²) in [6.07, 6.45) is 3.57. The molecule has 0 radical (unpaired) electrons. The van der Waals surface area contributed by atoms with Crippen LogP contribution in [0, 0.1) is 6.92 Å². The highest BCUT2D eigenvalue weighted by Crippen LogP contribution is 2.31. The van der Waals surface area contributed by atoms with Gasteiger partial charge in [-0.3, -0.25) is 4.79 Å². The van der Waals surface area contributed by atoms with Gasteiger partial charge in [-0.1, -0.05) is 0 Å². The monoisotopic (exact) mass is 396 g/mol. The van der Waals surface area contributed by atoms with Crippen LogP contribution in [0.2, 0.25) is 0 Å². The Labute approximate surface area is 160 Å². The number of carbonyl (C=O) groups excluding carboxylic acids is 1. The first-order valence-corrected chi connectivity index (χ1v) is 11.3. The molecule has 0 atom stereocenters. The van der Waals surface area contributed by atoms with Crippen molar-refractivity contribution in [3.05, 3.63) is 23.8 Å². The summed E-state index contributed by atoms with van der Waals surface area (Å²) < 4.78 is 34.7. The third-order valence-electron chi connectivity index (χ3n) is 5.43. The molecule has 2 N–H and O–H groups in total. The Bertz CT molecular complexity index is 781. The number of rotatable bonds is 5. The van der Waals surface area contributed by atoms with Crippen LogP contribution in [0.1, 0.15) is 31.2 Å². The van der Waals surface area contributed by atoms with Gasteiger partial charge in [0.15, 0.2) is 14.6 Å². The molecule has 0 bridgehead atoms. The lowest BCUT2D eigenvalue weighted by Crippen LogP contribution is -2.55. The van der Waals surface area contributed by atoms with E-state index in [0.717, 1.165) is 30.4 Å². The second kappa shape index (κ2) is 8.16. The second-order valence-electron chi connectivity index (χ2n) is 7.38. The van der Waals surface area contributed by atoms with Gasteiger partial charge in [-0.2, -0.15) is 0 Å². The lowest BCUT2D eigenvalue weighted by Gasteiger charge is -2.34. The molecule has 150 valence electrons. The molecule has 8 heteroatoms.